The van der Waals surface area contributed by atoms with Crippen molar-refractivity contribution in [3.05, 3.63) is 65.5 Å². The molecule has 3 fully saturated rings. The highest BCUT2D eigenvalue weighted by atomic mass is 16.4. The zero-order valence-corrected chi connectivity index (χ0v) is 17.0. The molecular formula is C23H28N4O3. The van der Waals surface area contributed by atoms with E-state index in [0.29, 0.717) is 11.6 Å². The number of carbonyl (C=O) groups is 1. The Hall–Kier alpha value is -2.32. The van der Waals surface area contributed by atoms with Gasteiger partial charge in [0.15, 0.2) is 0 Å². The largest absolute Gasteiger partial charge is 0.478 e. The molecule has 0 bridgehead atoms. The minimum atomic E-state index is -0.887. The summed E-state index contributed by atoms with van der Waals surface area (Å²) >= 11 is 0. The smallest absolute Gasteiger partial charge is 0.335 e. The number of nitrogens with zero attached hydrogens (tertiary/aromatic N) is 4. The predicted molar refractivity (Wildman–Crippen MR) is 112 cm³/mol. The predicted octanol–water partition coefficient (Wildman–Crippen LogP) is 1.29. The monoisotopic (exact) mass is 408 g/mol. The first-order chi connectivity index (χ1) is 14.5. The van der Waals surface area contributed by atoms with Crippen molar-refractivity contribution in [3.63, 3.8) is 0 Å². The van der Waals surface area contributed by atoms with Gasteiger partial charge in [-0.2, -0.15) is 0 Å². The lowest BCUT2D eigenvalue weighted by atomic mass is 9.83. The van der Waals surface area contributed by atoms with Crippen molar-refractivity contribution in [1.82, 2.24) is 19.7 Å². The molecule has 0 amide bonds. The first-order valence-electron chi connectivity index (χ1n) is 10.6. The van der Waals surface area contributed by atoms with Crippen molar-refractivity contribution in [2.45, 2.75) is 37.2 Å². The number of carboxylic acids is 1. The third-order valence-corrected chi connectivity index (χ3v) is 6.73. The molecule has 1 aromatic heterocycles. The zero-order chi connectivity index (χ0) is 20.7. The molecule has 1 spiro atoms. The van der Waals surface area contributed by atoms with E-state index in [0.717, 1.165) is 57.8 Å². The van der Waals surface area contributed by atoms with Crippen LogP contribution < -0.4 is 0 Å². The summed E-state index contributed by atoms with van der Waals surface area (Å²) in [5.74, 6) is -0.887. The number of hydrogen-bond acceptors (Lipinski definition) is 6. The van der Waals surface area contributed by atoms with Crippen molar-refractivity contribution >= 4 is 5.97 Å². The van der Waals surface area contributed by atoms with Crippen LogP contribution in [0.15, 0.2) is 48.8 Å². The van der Waals surface area contributed by atoms with E-state index in [1.54, 1.807) is 18.3 Å². The topological polar surface area (TPSA) is 80.1 Å². The van der Waals surface area contributed by atoms with Gasteiger partial charge in [0, 0.05) is 64.2 Å². The van der Waals surface area contributed by atoms with E-state index < -0.39 is 5.97 Å². The molecule has 0 saturated carbocycles. The number of piperazine rings is 1. The van der Waals surface area contributed by atoms with Gasteiger partial charge in [0.1, 0.15) is 0 Å². The number of hydrogen-bond donors (Lipinski definition) is 2. The summed E-state index contributed by atoms with van der Waals surface area (Å²) < 4.78 is 0. The third kappa shape index (κ3) is 3.74. The number of aromatic carboxylic acids is 1. The van der Waals surface area contributed by atoms with Gasteiger partial charge in [0.05, 0.1) is 17.2 Å². The Morgan fingerprint density at radius 3 is 2.60 bits per heavy atom. The second-order valence-corrected chi connectivity index (χ2v) is 9.10. The third-order valence-electron chi connectivity index (χ3n) is 6.73. The minimum absolute atomic E-state index is 0.0625. The molecule has 2 atom stereocenters. The fourth-order valence-corrected chi connectivity index (χ4v) is 5.63. The number of fused-ring (bicyclic) bond motifs is 2. The number of aromatic nitrogens is 1. The molecule has 1 aromatic carbocycles. The number of aliphatic hydroxyl groups excluding tert-OH is 1. The van der Waals surface area contributed by atoms with E-state index in [1.165, 1.54) is 5.56 Å². The molecule has 2 N–H and O–H groups in total. The van der Waals surface area contributed by atoms with Crippen LogP contribution in [0.1, 0.15) is 27.9 Å². The number of carboxylic acid groups (broad SMARTS) is 1. The van der Waals surface area contributed by atoms with Crippen LogP contribution in [0.5, 0.6) is 0 Å². The fourth-order valence-electron chi connectivity index (χ4n) is 5.63. The number of β-amino-alcohol motifs (C(OH)–C–C–N with tert-alkyl or cyclic N) is 1. The van der Waals surface area contributed by atoms with Gasteiger partial charge < -0.3 is 10.2 Å². The Labute approximate surface area is 176 Å². The van der Waals surface area contributed by atoms with Crippen LogP contribution in [0.3, 0.4) is 0 Å². The van der Waals surface area contributed by atoms with Crippen LogP contribution in [0, 0.1) is 0 Å². The highest BCUT2D eigenvalue weighted by Crippen LogP contribution is 2.39. The van der Waals surface area contributed by atoms with Crippen LogP contribution in [0.4, 0.5) is 0 Å². The van der Waals surface area contributed by atoms with Crippen LogP contribution in [0.2, 0.25) is 0 Å². The Kier molecular flexibility index (Phi) is 5.06. The first kappa shape index (κ1) is 19.6. The van der Waals surface area contributed by atoms with E-state index in [4.69, 9.17) is 0 Å². The molecule has 3 aliphatic rings. The van der Waals surface area contributed by atoms with Gasteiger partial charge in [0.25, 0.3) is 0 Å². The Morgan fingerprint density at radius 1 is 1.07 bits per heavy atom. The molecule has 2 aromatic rings. The van der Waals surface area contributed by atoms with Gasteiger partial charge in [-0.25, -0.2) is 4.79 Å². The SMILES string of the molecule is O=C(O)c1cccc(CN2C[C@@H]3C[C@@H](O)CN3C3(C2)CN(Cc2cccnc2)C3)c1. The number of rotatable bonds is 5. The van der Waals surface area contributed by atoms with Crippen molar-refractivity contribution in [2.24, 2.45) is 0 Å². The summed E-state index contributed by atoms with van der Waals surface area (Å²) in [6.07, 6.45) is 4.29. The number of likely N-dealkylation sites (tertiary alicyclic amines) is 1. The molecule has 0 unspecified atom stereocenters. The molecule has 5 rings (SSSR count). The van der Waals surface area contributed by atoms with Crippen LogP contribution >= 0.6 is 0 Å². The Bertz CT molecular complexity index is 916. The van der Waals surface area contributed by atoms with Crippen LogP contribution in [-0.2, 0) is 13.1 Å². The summed E-state index contributed by atoms with van der Waals surface area (Å²) in [5.41, 5.74) is 2.66. The molecule has 3 saturated heterocycles. The van der Waals surface area contributed by atoms with Crippen LogP contribution in [-0.4, -0.2) is 86.3 Å². The summed E-state index contributed by atoms with van der Waals surface area (Å²) in [4.78, 5) is 23.0. The van der Waals surface area contributed by atoms with Gasteiger partial charge in [-0.15, -0.1) is 0 Å². The molecule has 7 nitrogen and oxygen atoms in total. The summed E-state index contributed by atoms with van der Waals surface area (Å²) in [6.45, 7) is 6.22. The first-order valence-corrected chi connectivity index (χ1v) is 10.6. The van der Waals surface area contributed by atoms with Gasteiger partial charge in [0.2, 0.25) is 0 Å². The lowest BCUT2D eigenvalue weighted by Gasteiger charge is -2.61. The summed E-state index contributed by atoms with van der Waals surface area (Å²) in [5, 5.41) is 19.6. The molecule has 0 aliphatic carbocycles. The second kappa shape index (κ2) is 7.74. The second-order valence-electron chi connectivity index (χ2n) is 9.10. The van der Waals surface area contributed by atoms with Gasteiger partial charge in [-0.05, 0) is 35.7 Å². The highest BCUT2D eigenvalue weighted by Gasteiger charge is 2.55. The van der Waals surface area contributed by atoms with Crippen molar-refractivity contribution in [2.75, 3.05) is 32.7 Å². The van der Waals surface area contributed by atoms with E-state index in [9.17, 15) is 15.0 Å². The van der Waals surface area contributed by atoms with Crippen LogP contribution in [0.25, 0.3) is 0 Å². The number of pyridine rings is 1. The fraction of sp³-hybridized carbons (Fsp3) is 0.478. The molecule has 3 aliphatic heterocycles. The highest BCUT2D eigenvalue weighted by molar-refractivity contribution is 5.87. The average molecular weight is 409 g/mol. The lowest BCUT2D eigenvalue weighted by molar-refractivity contribution is -0.118. The minimum Gasteiger partial charge on any atom is -0.478 e. The summed E-state index contributed by atoms with van der Waals surface area (Å²) in [7, 11) is 0. The summed E-state index contributed by atoms with van der Waals surface area (Å²) in [6, 6.07) is 11.7. The standard InChI is InChI=1S/C23H28N4O3/c28-21-8-20-12-25(10-17-3-1-5-19(7-17)22(29)30)14-23(27(20)13-21)15-26(16-23)11-18-4-2-6-24-9-18/h1-7,9,20-21,28H,8,10-16H2,(H,29,30)/t20-,21+/m0/s1. The molecule has 0 radical (unpaired) electrons. The molecule has 7 heteroatoms. The molecule has 4 heterocycles. The lowest BCUT2D eigenvalue weighted by Crippen LogP contribution is -2.77. The van der Waals surface area contributed by atoms with Crippen molar-refractivity contribution < 1.29 is 15.0 Å². The van der Waals surface area contributed by atoms with Gasteiger partial charge in [-0.1, -0.05) is 18.2 Å². The van der Waals surface area contributed by atoms with E-state index in [1.807, 2.05) is 24.4 Å². The Balaban J connectivity index is 1.30. The maximum Gasteiger partial charge on any atom is 0.335 e. The Morgan fingerprint density at radius 2 is 1.83 bits per heavy atom. The van der Waals surface area contributed by atoms with E-state index in [2.05, 4.69) is 25.8 Å². The van der Waals surface area contributed by atoms with Crippen molar-refractivity contribution in [3.8, 4) is 0 Å². The maximum atomic E-state index is 11.3. The van der Waals surface area contributed by atoms with E-state index in [-0.39, 0.29) is 11.6 Å². The normalized spacial score (nSPS) is 26.4. The number of benzene rings is 1. The van der Waals surface area contributed by atoms with Gasteiger partial charge in [-0.3, -0.25) is 19.7 Å². The average Bonchev–Trinajstić information content (AvgIpc) is 3.08. The molecule has 30 heavy (non-hydrogen) atoms. The molecular weight excluding hydrogens is 380 g/mol. The quantitative estimate of drug-likeness (QED) is 0.772. The van der Waals surface area contributed by atoms with E-state index >= 15 is 0 Å². The molecule has 158 valence electrons. The zero-order valence-electron chi connectivity index (χ0n) is 17.0. The van der Waals surface area contributed by atoms with Gasteiger partial charge >= 0.3 is 5.97 Å². The van der Waals surface area contributed by atoms with Crippen molar-refractivity contribution in [1.29, 1.82) is 0 Å². The number of aliphatic hydroxyl groups is 1. The maximum absolute atomic E-state index is 11.3.